The third kappa shape index (κ3) is 3.70. The molecule has 0 saturated carbocycles. The Balaban J connectivity index is 1.59. The smallest absolute Gasteiger partial charge is 0.223 e. The Bertz CT molecular complexity index is 727. The van der Waals surface area contributed by atoms with Gasteiger partial charge in [-0.2, -0.15) is 0 Å². The van der Waals surface area contributed by atoms with Crippen LogP contribution >= 0.6 is 0 Å². The van der Waals surface area contributed by atoms with Crippen LogP contribution in [0, 0.1) is 0 Å². The van der Waals surface area contributed by atoms with Gasteiger partial charge in [0.05, 0.1) is 14.2 Å². The van der Waals surface area contributed by atoms with Gasteiger partial charge in [0.25, 0.3) is 0 Å². The average molecular weight is 325 g/mol. The summed E-state index contributed by atoms with van der Waals surface area (Å²) in [6.07, 6.45) is 2.15. The number of carbonyl (C=O) groups excluding carboxylic acids is 1. The molecule has 0 N–H and O–H groups in total. The fraction of sp³-hybridized carbons (Fsp3) is 0.350. The van der Waals surface area contributed by atoms with E-state index in [1.54, 1.807) is 14.2 Å². The molecular formula is C20H23NO3. The summed E-state index contributed by atoms with van der Waals surface area (Å²) in [6.45, 7) is 1.47. The van der Waals surface area contributed by atoms with E-state index in [4.69, 9.17) is 9.47 Å². The molecule has 126 valence electrons. The second kappa shape index (κ2) is 7.39. The molecule has 0 atom stereocenters. The number of benzene rings is 2. The van der Waals surface area contributed by atoms with E-state index in [1.807, 2.05) is 35.2 Å². The van der Waals surface area contributed by atoms with Crippen molar-refractivity contribution in [2.24, 2.45) is 0 Å². The maximum Gasteiger partial charge on any atom is 0.223 e. The van der Waals surface area contributed by atoms with Gasteiger partial charge in [-0.15, -0.1) is 0 Å². The molecule has 0 aliphatic carbocycles. The highest BCUT2D eigenvalue weighted by Gasteiger charge is 2.20. The lowest BCUT2D eigenvalue weighted by Crippen LogP contribution is -2.36. The van der Waals surface area contributed by atoms with Crippen molar-refractivity contribution in [1.82, 2.24) is 4.90 Å². The molecule has 0 radical (unpaired) electrons. The van der Waals surface area contributed by atoms with Gasteiger partial charge in [0.15, 0.2) is 0 Å². The number of fused-ring (bicyclic) bond motifs is 1. The number of rotatable bonds is 5. The first-order valence-electron chi connectivity index (χ1n) is 8.26. The normalized spacial score (nSPS) is 13.3. The highest BCUT2D eigenvalue weighted by Crippen LogP contribution is 2.24. The van der Waals surface area contributed by atoms with E-state index in [-0.39, 0.29) is 5.91 Å². The molecule has 0 fully saturated rings. The number of nitrogens with zero attached hydrogens (tertiary/aromatic N) is 1. The van der Waals surface area contributed by atoms with Gasteiger partial charge in [-0.1, -0.05) is 18.2 Å². The summed E-state index contributed by atoms with van der Waals surface area (Å²) in [5, 5.41) is 0. The lowest BCUT2D eigenvalue weighted by molar-refractivity contribution is -0.132. The maximum atomic E-state index is 12.5. The molecule has 2 aromatic carbocycles. The molecule has 1 heterocycles. The molecule has 0 aromatic heterocycles. The second-order valence-electron chi connectivity index (χ2n) is 6.05. The predicted molar refractivity (Wildman–Crippen MR) is 93.4 cm³/mol. The Labute approximate surface area is 143 Å². The number of carbonyl (C=O) groups is 1. The van der Waals surface area contributed by atoms with E-state index in [0.717, 1.165) is 36.4 Å². The van der Waals surface area contributed by atoms with Crippen LogP contribution in [0.25, 0.3) is 0 Å². The molecule has 24 heavy (non-hydrogen) atoms. The summed E-state index contributed by atoms with van der Waals surface area (Å²) in [6, 6.07) is 14.0. The van der Waals surface area contributed by atoms with Gasteiger partial charge in [0.1, 0.15) is 11.5 Å². The van der Waals surface area contributed by atoms with Gasteiger partial charge in [0, 0.05) is 19.5 Å². The number of methoxy groups -OCH3 is 2. The number of amides is 1. The van der Waals surface area contributed by atoms with E-state index in [0.29, 0.717) is 13.0 Å². The Morgan fingerprint density at radius 2 is 1.83 bits per heavy atom. The standard InChI is InChI=1S/C20H23NO3/c1-23-18-5-3-4-15(12-18)6-9-20(22)21-11-10-16-13-19(24-2)8-7-17(16)14-21/h3-5,7-8,12-13H,6,9-11,14H2,1-2H3. The van der Waals surface area contributed by atoms with E-state index in [1.165, 1.54) is 11.1 Å². The van der Waals surface area contributed by atoms with Gasteiger partial charge < -0.3 is 14.4 Å². The zero-order valence-electron chi connectivity index (χ0n) is 14.2. The summed E-state index contributed by atoms with van der Waals surface area (Å²) in [5.74, 6) is 1.92. The van der Waals surface area contributed by atoms with Gasteiger partial charge in [-0.25, -0.2) is 0 Å². The zero-order chi connectivity index (χ0) is 16.9. The van der Waals surface area contributed by atoms with Crippen molar-refractivity contribution in [2.75, 3.05) is 20.8 Å². The number of ether oxygens (including phenoxy) is 2. The molecule has 0 unspecified atom stereocenters. The Morgan fingerprint density at radius 3 is 2.62 bits per heavy atom. The van der Waals surface area contributed by atoms with E-state index < -0.39 is 0 Å². The summed E-state index contributed by atoms with van der Waals surface area (Å²) in [7, 11) is 3.34. The van der Waals surface area contributed by atoms with Crippen LogP contribution in [0.3, 0.4) is 0 Å². The zero-order valence-corrected chi connectivity index (χ0v) is 14.2. The third-order valence-corrected chi connectivity index (χ3v) is 4.54. The van der Waals surface area contributed by atoms with Crippen LogP contribution in [-0.2, 0) is 24.2 Å². The maximum absolute atomic E-state index is 12.5. The lowest BCUT2D eigenvalue weighted by atomic mass is 9.99. The van der Waals surface area contributed by atoms with Gasteiger partial charge >= 0.3 is 0 Å². The van der Waals surface area contributed by atoms with Crippen molar-refractivity contribution in [1.29, 1.82) is 0 Å². The number of aryl methyl sites for hydroxylation is 1. The largest absolute Gasteiger partial charge is 0.497 e. The summed E-state index contributed by atoms with van der Waals surface area (Å²) in [5.41, 5.74) is 3.63. The minimum absolute atomic E-state index is 0.208. The van der Waals surface area contributed by atoms with Crippen LogP contribution in [-0.4, -0.2) is 31.6 Å². The number of hydrogen-bond acceptors (Lipinski definition) is 3. The predicted octanol–water partition coefficient (Wildman–Crippen LogP) is 3.22. The SMILES string of the molecule is COc1cccc(CCC(=O)N2CCc3cc(OC)ccc3C2)c1. The minimum atomic E-state index is 0.208. The Kier molecular flexibility index (Phi) is 5.04. The van der Waals surface area contributed by atoms with Gasteiger partial charge in [-0.05, 0) is 53.8 Å². The first kappa shape index (κ1) is 16.4. The minimum Gasteiger partial charge on any atom is -0.497 e. The highest BCUT2D eigenvalue weighted by atomic mass is 16.5. The molecule has 1 aliphatic rings. The molecule has 2 aromatic rings. The van der Waals surface area contributed by atoms with Crippen molar-refractivity contribution >= 4 is 5.91 Å². The van der Waals surface area contributed by atoms with E-state index in [9.17, 15) is 4.79 Å². The highest BCUT2D eigenvalue weighted by molar-refractivity contribution is 5.76. The number of hydrogen-bond donors (Lipinski definition) is 0. The molecule has 0 spiro atoms. The van der Waals surface area contributed by atoms with E-state index in [2.05, 4.69) is 12.1 Å². The molecule has 0 bridgehead atoms. The quantitative estimate of drug-likeness (QED) is 0.847. The first-order chi connectivity index (χ1) is 11.7. The van der Waals surface area contributed by atoms with Crippen LogP contribution in [0.4, 0.5) is 0 Å². The molecule has 1 amide bonds. The molecule has 4 nitrogen and oxygen atoms in total. The van der Waals surface area contributed by atoms with Crippen LogP contribution in [0.5, 0.6) is 11.5 Å². The second-order valence-corrected chi connectivity index (χ2v) is 6.05. The molecule has 3 rings (SSSR count). The Morgan fingerprint density at radius 1 is 1.04 bits per heavy atom. The topological polar surface area (TPSA) is 38.8 Å². The van der Waals surface area contributed by atoms with Crippen LogP contribution in [0.1, 0.15) is 23.1 Å². The van der Waals surface area contributed by atoms with Crippen molar-refractivity contribution < 1.29 is 14.3 Å². The lowest BCUT2D eigenvalue weighted by Gasteiger charge is -2.29. The first-order valence-corrected chi connectivity index (χ1v) is 8.26. The van der Waals surface area contributed by atoms with Crippen molar-refractivity contribution in [3.05, 3.63) is 59.2 Å². The molecular weight excluding hydrogens is 302 g/mol. The molecule has 4 heteroatoms. The fourth-order valence-corrected chi connectivity index (χ4v) is 3.11. The summed E-state index contributed by atoms with van der Waals surface area (Å²) < 4.78 is 10.5. The van der Waals surface area contributed by atoms with Gasteiger partial charge in [-0.3, -0.25) is 4.79 Å². The molecule has 1 aliphatic heterocycles. The van der Waals surface area contributed by atoms with Crippen molar-refractivity contribution in [2.45, 2.75) is 25.8 Å². The monoisotopic (exact) mass is 325 g/mol. The Hall–Kier alpha value is -2.49. The third-order valence-electron chi connectivity index (χ3n) is 4.54. The summed E-state index contributed by atoms with van der Waals surface area (Å²) >= 11 is 0. The molecule has 0 saturated heterocycles. The van der Waals surface area contributed by atoms with E-state index >= 15 is 0 Å². The van der Waals surface area contributed by atoms with Gasteiger partial charge in [0.2, 0.25) is 5.91 Å². The van der Waals surface area contributed by atoms with Crippen molar-refractivity contribution in [3.8, 4) is 11.5 Å². The summed E-state index contributed by atoms with van der Waals surface area (Å²) in [4.78, 5) is 14.5. The van der Waals surface area contributed by atoms with Crippen molar-refractivity contribution in [3.63, 3.8) is 0 Å². The van der Waals surface area contributed by atoms with Crippen LogP contribution in [0.15, 0.2) is 42.5 Å². The average Bonchev–Trinajstić information content (AvgIpc) is 2.65. The van der Waals surface area contributed by atoms with Crippen LogP contribution in [0.2, 0.25) is 0 Å². The fourth-order valence-electron chi connectivity index (χ4n) is 3.11. The van der Waals surface area contributed by atoms with Crippen LogP contribution < -0.4 is 9.47 Å².